The van der Waals surface area contributed by atoms with Gasteiger partial charge in [-0.3, -0.25) is 4.79 Å². The third-order valence-electron chi connectivity index (χ3n) is 4.39. The van der Waals surface area contributed by atoms with Crippen molar-refractivity contribution in [1.82, 2.24) is 4.90 Å². The molecular weight excluding hydrogens is 341 g/mol. The van der Waals surface area contributed by atoms with E-state index < -0.39 is 29.3 Å². The number of carboxylic acid groups (broad SMARTS) is 1. The smallest absolute Gasteiger partial charge is 0.407 e. The Hall–Kier alpha value is -2.44. The van der Waals surface area contributed by atoms with Crippen LogP contribution in [0.3, 0.4) is 0 Å². The van der Waals surface area contributed by atoms with Crippen molar-refractivity contribution in [3.63, 3.8) is 0 Å². The maximum Gasteiger partial charge on any atom is 0.407 e. The Labute approximate surface area is 151 Å². The molecule has 1 amide bonds. The number of nitrogens with zero attached hydrogens (tertiary/aromatic N) is 1. The molecule has 2 rings (SSSR count). The lowest BCUT2D eigenvalue weighted by Crippen LogP contribution is -2.48. The van der Waals surface area contributed by atoms with Crippen molar-refractivity contribution in [3.05, 3.63) is 35.4 Å². The second kappa shape index (κ2) is 7.43. The number of benzene rings is 1. The lowest BCUT2D eigenvalue weighted by Gasteiger charge is -2.32. The van der Waals surface area contributed by atoms with Crippen LogP contribution in [-0.4, -0.2) is 52.7 Å². The molecule has 0 radical (unpaired) electrons. The number of carbonyl (C=O) groups excluding carboxylic acids is 2. The minimum absolute atomic E-state index is 0.0710. The molecule has 1 aliphatic heterocycles. The lowest BCUT2D eigenvalue weighted by molar-refractivity contribution is -0.173. The summed E-state index contributed by atoms with van der Waals surface area (Å²) in [5, 5.41) is 9.13. The maximum atomic E-state index is 16.0. The van der Waals surface area contributed by atoms with Crippen LogP contribution in [-0.2, 0) is 16.0 Å². The van der Waals surface area contributed by atoms with E-state index in [1.807, 2.05) is 0 Å². The first-order valence-electron chi connectivity index (χ1n) is 8.49. The fourth-order valence-electron chi connectivity index (χ4n) is 3.13. The van der Waals surface area contributed by atoms with Crippen LogP contribution in [0.5, 0.6) is 0 Å². The van der Waals surface area contributed by atoms with Gasteiger partial charge in [0.05, 0.1) is 0 Å². The van der Waals surface area contributed by atoms with Gasteiger partial charge < -0.3 is 14.7 Å². The summed E-state index contributed by atoms with van der Waals surface area (Å²) >= 11 is 0. The van der Waals surface area contributed by atoms with Crippen LogP contribution in [0.25, 0.3) is 0 Å². The second-order valence-corrected chi connectivity index (χ2v) is 7.62. The largest absolute Gasteiger partial charge is 0.465 e. The fraction of sp³-hybridized carbons (Fsp3) is 0.526. The van der Waals surface area contributed by atoms with Gasteiger partial charge in [-0.05, 0) is 38.8 Å². The number of amides is 1. The Kier molecular flexibility index (Phi) is 5.68. The predicted molar refractivity (Wildman–Crippen MR) is 92.9 cm³/mol. The Morgan fingerprint density at radius 1 is 1.38 bits per heavy atom. The predicted octanol–water partition coefficient (Wildman–Crippen LogP) is 3.09. The van der Waals surface area contributed by atoms with E-state index in [0.29, 0.717) is 17.4 Å². The molecule has 0 bridgehead atoms. The van der Waals surface area contributed by atoms with Gasteiger partial charge in [-0.15, -0.1) is 0 Å². The molecule has 1 unspecified atom stereocenters. The lowest BCUT2D eigenvalue weighted by atomic mass is 9.82. The Bertz CT molecular complexity index is 699. The number of alkyl halides is 1. The van der Waals surface area contributed by atoms with Crippen LogP contribution in [0.1, 0.15) is 43.1 Å². The summed E-state index contributed by atoms with van der Waals surface area (Å²) < 4.78 is 21.3. The van der Waals surface area contributed by atoms with Crippen LogP contribution in [0.15, 0.2) is 24.3 Å². The normalized spacial score (nSPS) is 19.7. The van der Waals surface area contributed by atoms with E-state index in [-0.39, 0.29) is 25.9 Å². The third-order valence-corrected chi connectivity index (χ3v) is 4.39. The molecule has 26 heavy (non-hydrogen) atoms. The summed E-state index contributed by atoms with van der Waals surface area (Å²) in [6, 6.07) is 6.36. The average Bonchev–Trinajstić information content (AvgIpc) is 3.04. The highest BCUT2D eigenvalue weighted by molar-refractivity contribution is 5.81. The van der Waals surface area contributed by atoms with Crippen molar-refractivity contribution in [2.45, 2.75) is 44.9 Å². The fourth-order valence-corrected chi connectivity index (χ4v) is 3.13. The SMILES string of the molecule is CC(C)(C)OC(=O)C(F)(Cc1cccc(C=O)c1)[C@H]1CCN(C(=O)O)C1. The molecule has 1 aliphatic rings. The van der Waals surface area contributed by atoms with Gasteiger partial charge in [-0.1, -0.05) is 18.2 Å². The highest BCUT2D eigenvalue weighted by Gasteiger charge is 2.51. The number of esters is 1. The number of hydrogen-bond acceptors (Lipinski definition) is 4. The van der Waals surface area contributed by atoms with E-state index in [4.69, 9.17) is 9.84 Å². The maximum absolute atomic E-state index is 16.0. The van der Waals surface area contributed by atoms with Crippen molar-refractivity contribution in [2.24, 2.45) is 5.92 Å². The molecule has 7 heteroatoms. The van der Waals surface area contributed by atoms with Gasteiger partial charge in [-0.2, -0.15) is 0 Å². The molecule has 0 aromatic heterocycles. The summed E-state index contributed by atoms with van der Waals surface area (Å²) in [6.45, 7) is 5.05. The molecule has 0 spiro atoms. The van der Waals surface area contributed by atoms with Gasteiger partial charge in [0.2, 0.25) is 5.67 Å². The Morgan fingerprint density at radius 3 is 2.62 bits per heavy atom. The van der Waals surface area contributed by atoms with Gasteiger partial charge in [0.25, 0.3) is 0 Å². The van der Waals surface area contributed by atoms with E-state index in [0.717, 1.165) is 4.90 Å². The molecule has 1 saturated heterocycles. The molecule has 1 aromatic carbocycles. The van der Waals surface area contributed by atoms with Gasteiger partial charge >= 0.3 is 12.1 Å². The van der Waals surface area contributed by atoms with Crippen molar-refractivity contribution >= 4 is 18.3 Å². The summed E-state index contributed by atoms with van der Waals surface area (Å²) in [4.78, 5) is 35.9. The molecular formula is C19H24FNO5. The highest BCUT2D eigenvalue weighted by Crippen LogP contribution is 2.36. The minimum atomic E-state index is -2.38. The van der Waals surface area contributed by atoms with Crippen molar-refractivity contribution in [1.29, 1.82) is 0 Å². The number of aldehydes is 1. The second-order valence-electron chi connectivity index (χ2n) is 7.62. The van der Waals surface area contributed by atoms with Crippen LogP contribution in [0.4, 0.5) is 9.18 Å². The van der Waals surface area contributed by atoms with Gasteiger partial charge in [0.1, 0.15) is 11.9 Å². The third kappa shape index (κ3) is 4.59. The molecule has 0 saturated carbocycles. The van der Waals surface area contributed by atoms with Crippen molar-refractivity contribution in [2.75, 3.05) is 13.1 Å². The van der Waals surface area contributed by atoms with Crippen LogP contribution < -0.4 is 0 Å². The van der Waals surface area contributed by atoms with Crippen molar-refractivity contribution in [3.8, 4) is 0 Å². The molecule has 1 N–H and O–H groups in total. The zero-order chi connectivity index (χ0) is 19.5. The molecule has 0 aliphatic carbocycles. The van der Waals surface area contributed by atoms with E-state index in [9.17, 15) is 14.4 Å². The molecule has 6 nitrogen and oxygen atoms in total. The average molecular weight is 365 g/mol. The molecule has 1 fully saturated rings. The number of halogens is 1. The van der Waals surface area contributed by atoms with Crippen molar-refractivity contribution < 1.29 is 28.6 Å². The first-order valence-corrected chi connectivity index (χ1v) is 8.49. The number of likely N-dealkylation sites (tertiary alicyclic amines) is 1. The number of rotatable bonds is 5. The standard InChI is InChI=1S/C19H24FNO5/c1-18(2,3)26-16(23)19(20,15-7-8-21(11-15)17(24)25)10-13-5-4-6-14(9-13)12-22/h4-6,9,12,15H,7-8,10-11H2,1-3H3,(H,24,25)/t15-,19?/m0/s1. The van der Waals surface area contributed by atoms with E-state index in [2.05, 4.69) is 0 Å². The van der Waals surface area contributed by atoms with Crippen LogP contribution >= 0.6 is 0 Å². The molecule has 1 aromatic rings. The number of hydrogen-bond donors (Lipinski definition) is 1. The molecule has 1 heterocycles. The van der Waals surface area contributed by atoms with Crippen LogP contribution in [0, 0.1) is 5.92 Å². The Balaban J connectivity index is 2.33. The topological polar surface area (TPSA) is 83.9 Å². The first kappa shape index (κ1) is 19.9. The zero-order valence-corrected chi connectivity index (χ0v) is 15.2. The minimum Gasteiger partial charge on any atom is -0.465 e. The van der Waals surface area contributed by atoms with Gasteiger partial charge in [0.15, 0.2) is 0 Å². The summed E-state index contributed by atoms with van der Waals surface area (Å²) in [7, 11) is 0. The number of carbonyl (C=O) groups is 3. The molecule has 2 atom stereocenters. The molecule has 142 valence electrons. The summed E-state index contributed by atoms with van der Waals surface area (Å²) in [5.74, 6) is -1.81. The van der Waals surface area contributed by atoms with Gasteiger partial charge in [0, 0.05) is 31.0 Å². The Morgan fingerprint density at radius 2 is 2.08 bits per heavy atom. The summed E-state index contributed by atoms with van der Waals surface area (Å²) in [5.41, 5.74) is -2.38. The van der Waals surface area contributed by atoms with E-state index >= 15 is 4.39 Å². The monoisotopic (exact) mass is 365 g/mol. The summed E-state index contributed by atoms with van der Waals surface area (Å²) in [6.07, 6.45) is -0.530. The van der Waals surface area contributed by atoms with Crippen LogP contribution in [0.2, 0.25) is 0 Å². The van der Waals surface area contributed by atoms with Gasteiger partial charge in [-0.25, -0.2) is 14.0 Å². The number of ether oxygens (including phenoxy) is 1. The van der Waals surface area contributed by atoms with E-state index in [1.165, 1.54) is 6.07 Å². The quantitative estimate of drug-likeness (QED) is 0.640. The highest BCUT2D eigenvalue weighted by atomic mass is 19.1. The first-order chi connectivity index (χ1) is 12.0. The zero-order valence-electron chi connectivity index (χ0n) is 15.2. The van der Waals surface area contributed by atoms with E-state index in [1.54, 1.807) is 39.0 Å².